The van der Waals surface area contributed by atoms with E-state index >= 15 is 0 Å². The zero-order valence-electron chi connectivity index (χ0n) is 16.4. The number of methoxy groups -OCH3 is 1. The van der Waals surface area contributed by atoms with E-state index in [1.165, 1.54) is 5.01 Å². The van der Waals surface area contributed by atoms with E-state index in [9.17, 15) is 4.79 Å². The second-order valence-electron chi connectivity index (χ2n) is 6.85. The number of amides is 1. The van der Waals surface area contributed by atoms with Crippen LogP contribution >= 0.6 is 0 Å². The van der Waals surface area contributed by atoms with Gasteiger partial charge in [-0.2, -0.15) is 5.10 Å². The summed E-state index contributed by atoms with van der Waals surface area (Å²) in [5, 5.41) is 6.07. The minimum Gasteiger partial charge on any atom is -0.497 e. The topological polar surface area (TPSA) is 64.3 Å². The fourth-order valence-corrected chi connectivity index (χ4v) is 3.32. The van der Waals surface area contributed by atoms with Crippen LogP contribution in [0.25, 0.3) is 0 Å². The van der Waals surface area contributed by atoms with Gasteiger partial charge < -0.3 is 13.9 Å². The number of rotatable bonds is 6. The number of hydrogen-bond acceptors (Lipinski definition) is 5. The van der Waals surface area contributed by atoms with Crippen LogP contribution in [0.4, 0.5) is 0 Å². The van der Waals surface area contributed by atoms with Crippen molar-refractivity contribution in [3.8, 4) is 11.5 Å². The second-order valence-corrected chi connectivity index (χ2v) is 6.85. The first-order valence-corrected chi connectivity index (χ1v) is 9.41. The summed E-state index contributed by atoms with van der Waals surface area (Å²) in [5.74, 6) is 1.90. The Kier molecular flexibility index (Phi) is 5.33. The van der Waals surface area contributed by atoms with Crippen LogP contribution in [0.15, 0.2) is 76.4 Å². The smallest absolute Gasteiger partial charge is 0.281 e. The molecule has 29 heavy (non-hydrogen) atoms. The molecule has 0 radical (unpaired) electrons. The Bertz CT molecular complexity index is 1010. The Labute approximate surface area is 169 Å². The number of carbonyl (C=O) groups is 1. The average molecular weight is 390 g/mol. The number of carbonyl (C=O) groups excluding carboxylic acids is 1. The molecule has 1 amide bonds. The zero-order chi connectivity index (χ0) is 20.2. The number of aryl methyl sites for hydroxylation is 1. The SMILES string of the molecule is COc1ccc(C2=NN(C(=O)COc3cccc(C)c3)[C@@H](c3ccco3)C2)cc1. The highest BCUT2D eigenvalue weighted by atomic mass is 16.5. The summed E-state index contributed by atoms with van der Waals surface area (Å²) in [6.45, 7) is 1.88. The van der Waals surface area contributed by atoms with Crippen molar-refractivity contribution in [2.45, 2.75) is 19.4 Å². The molecule has 0 N–H and O–H groups in total. The molecule has 0 saturated heterocycles. The number of benzene rings is 2. The minimum absolute atomic E-state index is 0.0972. The normalized spacial score (nSPS) is 15.9. The van der Waals surface area contributed by atoms with Crippen molar-refractivity contribution < 1.29 is 18.7 Å². The Morgan fingerprint density at radius 3 is 2.66 bits per heavy atom. The molecule has 0 fully saturated rings. The van der Waals surface area contributed by atoms with Gasteiger partial charge in [0.1, 0.15) is 23.3 Å². The lowest BCUT2D eigenvalue weighted by molar-refractivity contribution is -0.135. The van der Waals surface area contributed by atoms with Crippen molar-refractivity contribution in [3.05, 3.63) is 83.8 Å². The van der Waals surface area contributed by atoms with Crippen molar-refractivity contribution in [2.24, 2.45) is 5.10 Å². The Balaban J connectivity index is 1.54. The highest BCUT2D eigenvalue weighted by Gasteiger charge is 2.35. The molecular formula is C23H22N2O4. The maximum absolute atomic E-state index is 12.9. The van der Waals surface area contributed by atoms with Crippen LogP contribution in [0, 0.1) is 6.92 Å². The largest absolute Gasteiger partial charge is 0.497 e. The van der Waals surface area contributed by atoms with Gasteiger partial charge in [0.2, 0.25) is 0 Å². The Morgan fingerprint density at radius 1 is 1.14 bits per heavy atom. The molecule has 3 aromatic rings. The van der Waals surface area contributed by atoms with Gasteiger partial charge in [-0.25, -0.2) is 5.01 Å². The van der Waals surface area contributed by atoms with Crippen LogP contribution in [0.1, 0.15) is 29.3 Å². The fourth-order valence-electron chi connectivity index (χ4n) is 3.32. The van der Waals surface area contributed by atoms with Crippen LogP contribution in [-0.2, 0) is 4.79 Å². The molecule has 0 aliphatic carbocycles. The molecule has 148 valence electrons. The molecule has 0 bridgehead atoms. The van der Waals surface area contributed by atoms with Crippen molar-refractivity contribution in [2.75, 3.05) is 13.7 Å². The number of furan rings is 1. The van der Waals surface area contributed by atoms with E-state index in [4.69, 9.17) is 13.9 Å². The van der Waals surface area contributed by atoms with E-state index in [0.717, 1.165) is 22.6 Å². The first-order valence-electron chi connectivity index (χ1n) is 9.41. The van der Waals surface area contributed by atoms with Crippen LogP contribution in [0.5, 0.6) is 11.5 Å². The third kappa shape index (κ3) is 4.16. The van der Waals surface area contributed by atoms with Crippen LogP contribution in [0.3, 0.4) is 0 Å². The van der Waals surface area contributed by atoms with Crippen LogP contribution in [-0.4, -0.2) is 30.3 Å². The summed E-state index contributed by atoms with van der Waals surface area (Å²) in [6.07, 6.45) is 2.17. The minimum atomic E-state index is -0.296. The first kappa shape index (κ1) is 18.8. The first-order chi connectivity index (χ1) is 14.1. The van der Waals surface area contributed by atoms with Gasteiger partial charge in [-0.3, -0.25) is 4.79 Å². The molecule has 1 aromatic heterocycles. The molecule has 2 heterocycles. The number of hydrogen-bond donors (Lipinski definition) is 0. The van der Waals surface area contributed by atoms with Gasteiger partial charge in [-0.05, 0) is 66.6 Å². The molecule has 6 heteroatoms. The molecule has 0 spiro atoms. The predicted molar refractivity (Wildman–Crippen MR) is 109 cm³/mol. The molecule has 1 atom stereocenters. The molecular weight excluding hydrogens is 368 g/mol. The maximum Gasteiger partial charge on any atom is 0.281 e. The maximum atomic E-state index is 12.9. The summed E-state index contributed by atoms with van der Waals surface area (Å²) in [5.41, 5.74) is 2.83. The standard InChI is InChI=1S/C23H22N2O4/c1-16-5-3-6-19(13-16)29-15-23(26)25-21(22-7-4-12-28-22)14-20(24-25)17-8-10-18(27-2)11-9-17/h3-13,21H,14-15H2,1-2H3/t21-/m1/s1. The van der Waals surface area contributed by atoms with Gasteiger partial charge in [-0.15, -0.1) is 0 Å². The van der Waals surface area contributed by atoms with Gasteiger partial charge in [0, 0.05) is 6.42 Å². The van der Waals surface area contributed by atoms with Gasteiger partial charge in [0.25, 0.3) is 5.91 Å². The van der Waals surface area contributed by atoms with Crippen molar-refractivity contribution >= 4 is 11.6 Å². The van der Waals surface area contributed by atoms with Gasteiger partial charge in [0.15, 0.2) is 6.61 Å². The van der Waals surface area contributed by atoms with Gasteiger partial charge in [-0.1, -0.05) is 12.1 Å². The fraction of sp³-hybridized carbons (Fsp3) is 0.217. The van der Waals surface area contributed by atoms with Crippen LogP contribution in [0.2, 0.25) is 0 Å². The van der Waals surface area contributed by atoms with Crippen molar-refractivity contribution in [3.63, 3.8) is 0 Å². The summed E-state index contributed by atoms with van der Waals surface area (Å²) in [4.78, 5) is 12.9. The summed E-state index contributed by atoms with van der Waals surface area (Å²) >= 11 is 0. The Morgan fingerprint density at radius 2 is 1.97 bits per heavy atom. The molecule has 1 aliphatic heterocycles. The van der Waals surface area contributed by atoms with Gasteiger partial charge >= 0.3 is 0 Å². The second kappa shape index (κ2) is 8.22. The quantitative estimate of drug-likeness (QED) is 0.628. The number of hydrazone groups is 1. The summed E-state index contributed by atoms with van der Waals surface area (Å²) in [6, 6.07) is 18.6. The highest BCUT2D eigenvalue weighted by Crippen LogP contribution is 2.33. The molecule has 4 rings (SSSR count). The highest BCUT2D eigenvalue weighted by molar-refractivity contribution is 6.03. The van der Waals surface area contributed by atoms with E-state index in [1.54, 1.807) is 13.4 Å². The average Bonchev–Trinajstić information content (AvgIpc) is 3.42. The monoisotopic (exact) mass is 390 g/mol. The van der Waals surface area contributed by atoms with E-state index in [-0.39, 0.29) is 18.6 Å². The lowest BCUT2D eigenvalue weighted by Crippen LogP contribution is -2.31. The third-order valence-electron chi connectivity index (χ3n) is 4.81. The van der Waals surface area contributed by atoms with Crippen molar-refractivity contribution in [1.82, 2.24) is 5.01 Å². The van der Waals surface area contributed by atoms with E-state index in [1.807, 2.05) is 67.6 Å². The summed E-state index contributed by atoms with van der Waals surface area (Å²) in [7, 11) is 1.63. The number of nitrogens with zero attached hydrogens (tertiary/aromatic N) is 2. The van der Waals surface area contributed by atoms with Gasteiger partial charge in [0.05, 0.1) is 19.1 Å². The van der Waals surface area contributed by atoms with Crippen molar-refractivity contribution in [1.29, 1.82) is 0 Å². The molecule has 2 aromatic carbocycles. The molecule has 6 nitrogen and oxygen atoms in total. The molecule has 1 aliphatic rings. The predicted octanol–water partition coefficient (Wildman–Crippen LogP) is 4.35. The number of ether oxygens (including phenoxy) is 2. The molecule has 0 unspecified atom stereocenters. The molecule has 0 saturated carbocycles. The van der Waals surface area contributed by atoms with E-state index < -0.39 is 0 Å². The lowest BCUT2D eigenvalue weighted by Gasteiger charge is -2.20. The van der Waals surface area contributed by atoms with E-state index in [0.29, 0.717) is 17.9 Å². The van der Waals surface area contributed by atoms with E-state index in [2.05, 4.69) is 5.10 Å². The summed E-state index contributed by atoms with van der Waals surface area (Å²) < 4.78 is 16.5. The van der Waals surface area contributed by atoms with Crippen LogP contribution < -0.4 is 9.47 Å². The Hall–Kier alpha value is -3.54. The third-order valence-corrected chi connectivity index (χ3v) is 4.81. The zero-order valence-corrected chi connectivity index (χ0v) is 16.4. The lowest BCUT2D eigenvalue weighted by atomic mass is 10.0.